The van der Waals surface area contributed by atoms with Gasteiger partial charge in [-0.25, -0.2) is 4.21 Å². The van der Waals surface area contributed by atoms with Crippen LogP contribution in [0.4, 0.5) is 0 Å². The molecule has 6 heteroatoms. The van der Waals surface area contributed by atoms with Crippen LogP contribution in [0.15, 0.2) is 58.3 Å². The average Bonchev–Trinajstić information content (AvgIpc) is 2.72. The van der Waals surface area contributed by atoms with Gasteiger partial charge in [0.15, 0.2) is 0 Å². The number of hydrogen-bond donors (Lipinski definition) is 0. The largest absolute Gasteiger partial charge is 0.521 e. The summed E-state index contributed by atoms with van der Waals surface area (Å²) in [6, 6.07) is 15.6. The fraction of sp³-hybridized carbons (Fsp3) is 0.304. The van der Waals surface area contributed by atoms with Crippen molar-refractivity contribution in [3.63, 3.8) is 0 Å². The van der Waals surface area contributed by atoms with E-state index in [2.05, 4.69) is 13.8 Å². The van der Waals surface area contributed by atoms with E-state index < -0.39 is 10.8 Å². The number of hydrogen-bond acceptors (Lipinski definition) is 4. The normalized spacial score (nSPS) is 20.6. The standard InChI is InChI=1S/C23H22O4SSi/c1-23(2)12-16-20-18(13-23)26-29-27-21(20)19-15(10-7-11-17(19)25-3)22(16)28(24)14-8-5-4-6-9-14/h4-11,18H,12-13H2,1-3H3. The molecule has 2 radical (unpaired) electrons. The lowest BCUT2D eigenvalue weighted by Gasteiger charge is -2.41. The van der Waals surface area contributed by atoms with Crippen molar-refractivity contribution in [1.82, 2.24) is 0 Å². The van der Waals surface area contributed by atoms with Crippen LogP contribution < -0.4 is 9.16 Å². The minimum atomic E-state index is -1.32. The highest BCUT2D eigenvalue weighted by Crippen LogP contribution is 2.54. The Labute approximate surface area is 175 Å². The smallest absolute Gasteiger partial charge is 0.516 e. The van der Waals surface area contributed by atoms with Gasteiger partial charge in [-0.1, -0.05) is 44.2 Å². The second kappa shape index (κ2) is 6.97. The van der Waals surface area contributed by atoms with Crippen molar-refractivity contribution in [2.45, 2.75) is 42.6 Å². The van der Waals surface area contributed by atoms with Gasteiger partial charge < -0.3 is 13.6 Å². The predicted octanol–water partition coefficient (Wildman–Crippen LogP) is 4.97. The fourth-order valence-electron chi connectivity index (χ4n) is 4.56. The zero-order chi connectivity index (χ0) is 20.2. The predicted molar refractivity (Wildman–Crippen MR) is 114 cm³/mol. The molecule has 3 aromatic rings. The van der Waals surface area contributed by atoms with Crippen molar-refractivity contribution in [2.75, 3.05) is 7.11 Å². The summed E-state index contributed by atoms with van der Waals surface area (Å²) in [5.41, 5.74) is 2.21. The van der Waals surface area contributed by atoms with Crippen molar-refractivity contribution in [3.8, 4) is 11.5 Å². The molecule has 1 aliphatic heterocycles. The lowest BCUT2D eigenvalue weighted by Crippen LogP contribution is -2.33. The number of benzene rings is 3. The highest BCUT2D eigenvalue weighted by Gasteiger charge is 2.41. The molecule has 0 aromatic heterocycles. The van der Waals surface area contributed by atoms with Crippen molar-refractivity contribution in [2.24, 2.45) is 5.41 Å². The highest BCUT2D eigenvalue weighted by atomic mass is 32.2. The Morgan fingerprint density at radius 1 is 1.14 bits per heavy atom. The second-order valence-electron chi connectivity index (χ2n) is 8.35. The van der Waals surface area contributed by atoms with E-state index in [1.165, 1.54) is 0 Å². The number of ether oxygens (including phenoxy) is 1. The zero-order valence-electron chi connectivity index (χ0n) is 16.7. The molecule has 4 nitrogen and oxygen atoms in total. The summed E-state index contributed by atoms with van der Waals surface area (Å²) in [6.45, 7) is 4.51. The van der Waals surface area contributed by atoms with Crippen molar-refractivity contribution in [1.29, 1.82) is 0 Å². The molecule has 0 bridgehead atoms. The number of rotatable bonds is 3. The van der Waals surface area contributed by atoms with Crippen molar-refractivity contribution < 1.29 is 17.8 Å². The third-order valence-electron chi connectivity index (χ3n) is 5.75. The van der Waals surface area contributed by atoms with Crippen LogP contribution in [-0.4, -0.2) is 21.3 Å². The Balaban J connectivity index is 1.90. The minimum Gasteiger partial charge on any atom is -0.516 e. The monoisotopic (exact) mass is 422 g/mol. The summed E-state index contributed by atoms with van der Waals surface area (Å²) < 4.78 is 31.7. The van der Waals surface area contributed by atoms with Gasteiger partial charge in [0.2, 0.25) is 0 Å². The second-order valence-corrected chi connectivity index (χ2v) is 10.4. The van der Waals surface area contributed by atoms with Crippen LogP contribution in [0, 0.1) is 5.41 Å². The fourth-order valence-corrected chi connectivity index (χ4v) is 6.63. The molecule has 0 N–H and O–H groups in total. The van der Waals surface area contributed by atoms with Gasteiger partial charge in [-0.05, 0) is 42.0 Å². The van der Waals surface area contributed by atoms with E-state index in [0.29, 0.717) is 0 Å². The number of fused-ring (bicyclic) bond motifs is 2. The van der Waals surface area contributed by atoms with Crippen LogP contribution in [0.1, 0.15) is 37.5 Å². The van der Waals surface area contributed by atoms with Gasteiger partial charge in [-0.2, -0.15) is 0 Å². The molecule has 1 aliphatic carbocycles. The SMILES string of the molecule is COc1cccc2c(S(=O)c3ccccc3)c3c4c(c12)O[Si]OC4CC(C)(C)C3. The highest BCUT2D eigenvalue weighted by molar-refractivity contribution is 7.85. The molecule has 0 spiro atoms. The summed E-state index contributed by atoms with van der Waals surface area (Å²) >= 11 is 0. The maximum atomic E-state index is 13.9. The topological polar surface area (TPSA) is 44.8 Å². The number of methoxy groups -OCH3 is 1. The first-order valence-corrected chi connectivity index (χ1v) is 11.7. The Morgan fingerprint density at radius 3 is 2.69 bits per heavy atom. The first-order valence-electron chi connectivity index (χ1n) is 9.70. The van der Waals surface area contributed by atoms with Crippen molar-refractivity contribution >= 4 is 31.6 Å². The van der Waals surface area contributed by atoms with Crippen LogP contribution in [-0.2, 0) is 21.6 Å². The maximum absolute atomic E-state index is 13.9. The molecule has 2 aliphatic rings. The molecule has 2 unspecified atom stereocenters. The van der Waals surface area contributed by atoms with Gasteiger partial charge in [0.1, 0.15) is 11.5 Å². The van der Waals surface area contributed by atoms with Gasteiger partial charge in [-0.15, -0.1) is 0 Å². The molecular weight excluding hydrogens is 400 g/mol. The van der Waals surface area contributed by atoms with Crippen LogP contribution in [0.25, 0.3) is 10.8 Å². The molecule has 2 atom stereocenters. The van der Waals surface area contributed by atoms with E-state index in [0.717, 1.165) is 56.0 Å². The van der Waals surface area contributed by atoms with Gasteiger partial charge >= 0.3 is 10.0 Å². The summed E-state index contributed by atoms with van der Waals surface area (Å²) in [5, 5.41) is 1.83. The first-order chi connectivity index (χ1) is 14.0. The first kappa shape index (κ1) is 18.8. The lowest BCUT2D eigenvalue weighted by molar-refractivity contribution is 0.0966. The van der Waals surface area contributed by atoms with Crippen LogP contribution >= 0.6 is 0 Å². The van der Waals surface area contributed by atoms with E-state index in [9.17, 15) is 4.21 Å². The Bertz CT molecular complexity index is 1130. The Morgan fingerprint density at radius 2 is 1.93 bits per heavy atom. The third kappa shape index (κ3) is 3.01. The van der Waals surface area contributed by atoms with Gasteiger partial charge in [-0.3, -0.25) is 0 Å². The molecule has 3 aromatic carbocycles. The van der Waals surface area contributed by atoms with Crippen LogP contribution in [0.2, 0.25) is 0 Å². The van der Waals surface area contributed by atoms with E-state index >= 15 is 0 Å². The summed E-state index contributed by atoms with van der Waals surface area (Å²) in [6.07, 6.45) is 1.71. The summed E-state index contributed by atoms with van der Waals surface area (Å²) in [5.74, 6) is 1.58. The maximum Gasteiger partial charge on any atom is 0.521 e. The van der Waals surface area contributed by atoms with E-state index in [4.69, 9.17) is 13.6 Å². The molecule has 0 saturated carbocycles. The molecule has 0 fully saturated rings. The van der Waals surface area contributed by atoms with Crippen molar-refractivity contribution in [3.05, 3.63) is 59.7 Å². The van der Waals surface area contributed by atoms with E-state index in [1.807, 2.05) is 48.5 Å². The molecule has 5 rings (SSSR count). The molecule has 29 heavy (non-hydrogen) atoms. The molecule has 1 heterocycles. The average molecular weight is 423 g/mol. The molecule has 0 saturated heterocycles. The van der Waals surface area contributed by atoms with Gasteiger partial charge in [0, 0.05) is 15.8 Å². The van der Waals surface area contributed by atoms with Gasteiger partial charge in [0.25, 0.3) is 0 Å². The zero-order valence-corrected chi connectivity index (χ0v) is 18.5. The Kier molecular flexibility index (Phi) is 4.53. The van der Waals surface area contributed by atoms with Crippen LogP contribution in [0.5, 0.6) is 11.5 Å². The van der Waals surface area contributed by atoms with Crippen LogP contribution in [0.3, 0.4) is 0 Å². The Hall–Kier alpha value is -2.15. The van der Waals surface area contributed by atoms with E-state index in [-0.39, 0.29) is 21.5 Å². The molecule has 0 amide bonds. The van der Waals surface area contributed by atoms with E-state index in [1.54, 1.807) is 7.11 Å². The lowest BCUT2D eigenvalue weighted by atomic mass is 9.72. The molecular formula is C23H22O4SSi. The quantitative estimate of drug-likeness (QED) is 0.559. The summed E-state index contributed by atoms with van der Waals surface area (Å²) in [7, 11) is 0.300. The molecule has 148 valence electrons. The summed E-state index contributed by atoms with van der Waals surface area (Å²) in [4.78, 5) is 1.66. The van der Waals surface area contributed by atoms with Gasteiger partial charge in [0.05, 0.1) is 34.3 Å². The minimum absolute atomic E-state index is 0.0441. The third-order valence-corrected chi connectivity index (χ3v) is 7.96.